The second-order valence-corrected chi connectivity index (χ2v) is 9.32. The standard InChI is InChI=1S/C26H37N5O6/c1-35-20-7-6-17(15-21(20)36-2)8-11-27-23-22(25(34)37-3)24(30-13-9-19(33)10-14-30)29-26(28-23)31-12-4-5-18(31)16-32/h6-7,15,18-19,32-33H,4-5,8-14,16H2,1-3H3,(H,27,28,29). The van der Waals surface area contributed by atoms with E-state index in [0.717, 1.165) is 24.9 Å². The van der Waals surface area contributed by atoms with Crippen molar-refractivity contribution in [2.24, 2.45) is 0 Å². The van der Waals surface area contributed by atoms with E-state index in [4.69, 9.17) is 24.2 Å². The number of benzene rings is 1. The Bertz CT molecular complexity index is 1080. The van der Waals surface area contributed by atoms with Crippen molar-refractivity contribution < 1.29 is 29.2 Å². The predicted molar refractivity (Wildman–Crippen MR) is 140 cm³/mol. The molecule has 1 aromatic heterocycles. The summed E-state index contributed by atoms with van der Waals surface area (Å²) in [5, 5.41) is 23.3. The van der Waals surface area contributed by atoms with Crippen LogP contribution in [0.3, 0.4) is 0 Å². The summed E-state index contributed by atoms with van der Waals surface area (Å²) in [7, 11) is 4.54. The van der Waals surface area contributed by atoms with Crippen molar-refractivity contribution in [3.63, 3.8) is 0 Å². The molecule has 202 valence electrons. The maximum atomic E-state index is 13.0. The molecule has 2 aliphatic heterocycles. The van der Waals surface area contributed by atoms with Gasteiger partial charge < -0.3 is 39.5 Å². The Morgan fingerprint density at radius 1 is 1.08 bits per heavy atom. The summed E-state index contributed by atoms with van der Waals surface area (Å²) >= 11 is 0. The van der Waals surface area contributed by atoms with Crippen molar-refractivity contribution in [1.29, 1.82) is 0 Å². The number of hydrogen-bond donors (Lipinski definition) is 3. The highest BCUT2D eigenvalue weighted by Crippen LogP contribution is 2.33. The van der Waals surface area contributed by atoms with Gasteiger partial charge in [-0.2, -0.15) is 9.97 Å². The first kappa shape index (κ1) is 26.7. The SMILES string of the molecule is COC(=O)c1c(NCCc2ccc(OC)c(OC)c2)nc(N2CCCC2CO)nc1N1CCC(O)CC1. The number of methoxy groups -OCH3 is 3. The van der Waals surface area contributed by atoms with E-state index in [1.165, 1.54) is 7.11 Å². The number of aliphatic hydroxyl groups excluding tert-OH is 2. The van der Waals surface area contributed by atoms with Gasteiger partial charge in [0, 0.05) is 26.2 Å². The fraction of sp³-hybridized carbons (Fsp3) is 0.577. The summed E-state index contributed by atoms with van der Waals surface area (Å²) < 4.78 is 15.9. The molecule has 11 heteroatoms. The number of hydrogen-bond acceptors (Lipinski definition) is 11. The average molecular weight is 516 g/mol. The second kappa shape index (κ2) is 12.3. The molecule has 1 atom stereocenters. The average Bonchev–Trinajstić information content (AvgIpc) is 3.41. The van der Waals surface area contributed by atoms with Gasteiger partial charge in [-0.3, -0.25) is 0 Å². The monoisotopic (exact) mass is 515 g/mol. The van der Waals surface area contributed by atoms with Crippen LogP contribution < -0.4 is 24.6 Å². The zero-order chi connectivity index (χ0) is 26.4. The lowest BCUT2D eigenvalue weighted by Crippen LogP contribution is -2.39. The highest BCUT2D eigenvalue weighted by molar-refractivity contribution is 6.00. The molecule has 2 aliphatic rings. The fourth-order valence-electron chi connectivity index (χ4n) is 4.94. The van der Waals surface area contributed by atoms with Crippen LogP contribution in [0.15, 0.2) is 18.2 Å². The minimum atomic E-state index is -0.526. The van der Waals surface area contributed by atoms with Gasteiger partial charge in [0.15, 0.2) is 17.3 Å². The Morgan fingerprint density at radius 3 is 2.51 bits per heavy atom. The number of anilines is 3. The van der Waals surface area contributed by atoms with Crippen LogP contribution in [-0.2, 0) is 11.2 Å². The van der Waals surface area contributed by atoms with Crippen molar-refractivity contribution >= 4 is 23.6 Å². The first-order valence-corrected chi connectivity index (χ1v) is 12.7. The molecule has 0 bridgehead atoms. The molecule has 1 aromatic carbocycles. The Balaban J connectivity index is 1.66. The minimum absolute atomic E-state index is 0.00934. The van der Waals surface area contributed by atoms with Crippen LogP contribution in [0.4, 0.5) is 17.6 Å². The Kier molecular flexibility index (Phi) is 8.88. The molecule has 0 amide bonds. The van der Waals surface area contributed by atoms with Gasteiger partial charge in [-0.05, 0) is 49.8 Å². The van der Waals surface area contributed by atoms with Crippen molar-refractivity contribution in [2.75, 3.05) is 69.2 Å². The van der Waals surface area contributed by atoms with Crippen LogP contribution in [0, 0.1) is 0 Å². The Hall–Kier alpha value is -3.31. The molecule has 0 aliphatic carbocycles. The number of carbonyl (C=O) groups is 1. The molecule has 0 radical (unpaired) electrons. The number of aliphatic hydroxyl groups is 2. The van der Waals surface area contributed by atoms with E-state index >= 15 is 0 Å². The van der Waals surface area contributed by atoms with E-state index in [2.05, 4.69) is 5.32 Å². The zero-order valence-corrected chi connectivity index (χ0v) is 21.8. The lowest BCUT2D eigenvalue weighted by Gasteiger charge is -2.33. The summed E-state index contributed by atoms with van der Waals surface area (Å²) in [6, 6.07) is 5.69. The number of nitrogens with one attached hydrogen (secondary N) is 1. The number of aromatic nitrogens is 2. The van der Waals surface area contributed by atoms with Gasteiger partial charge in [-0.1, -0.05) is 6.07 Å². The van der Waals surface area contributed by atoms with Crippen LogP contribution >= 0.6 is 0 Å². The third-order valence-corrected chi connectivity index (χ3v) is 7.03. The molecule has 37 heavy (non-hydrogen) atoms. The van der Waals surface area contributed by atoms with Crippen molar-refractivity contribution in [2.45, 2.75) is 44.2 Å². The molecular formula is C26H37N5O6. The van der Waals surface area contributed by atoms with Gasteiger partial charge in [-0.25, -0.2) is 4.79 Å². The molecule has 3 heterocycles. The van der Waals surface area contributed by atoms with Crippen LogP contribution in [-0.4, -0.2) is 92.4 Å². The number of nitrogens with zero attached hydrogens (tertiary/aromatic N) is 4. The maximum absolute atomic E-state index is 13.0. The highest BCUT2D eigenvalue weighted by Gasteiger charge is 2.32. The van der Waals surface area contributed by atoms with E-state index in [1.54, 1.807) is 14.2 Å². The van der Waals surface area contributed by atoms with E-state index < -0.39 is 5.97 Å². The number of carbonyl (C=O) groups excluding carboxylic acids is 1. The number of rotatable bonds is 10. The van der Waals surface area contributed by atoms with Gasteiger partial charge in [0.05, 0.1) is 40.1 Å². The largest absolute Gasteiger partial charge is 0.493 e. The Labute approximate surface area is 217 Å². The van der Waals surface area contributed by atoms with E-state index in [-0.39, 0.29) is 24.3 Å². The summed E-state index contributed by atoms with van der Waals surface area (Å²) in [5.74, 6) is 2.13. The maximum Gasteiger partial charge on any atom is 0.345 e. The van der Waals surface area contributed by atoms with E-state index in [9.17, 15) is 15.0 Å². The molecule has 2 aromatic rings. The molecule has 4 rings (SSSR count). The molecule has 11 nitrogen and oxygen atoms in total. The minimum Gasteiger partial charge on any atom is -0.493 e. The zero-order valence-electron chi connectivity index (χ0n) is 21.8. The summed E-state index contributed by atoms with van der Waals surface area (Å²) in [6.07, 6.45) is 3.24. The highest BCUT2D eigenvalue weighted by atomic mass is 16.5. The molecular weight excluding hydrogens is 478 g/mol. The smallest absolute Gasteiger partial charge is 0.345 e. The fourth-order valence-corrected chi connectivity index (χ4v) is 4.94. The third-order valence-electron chi connectivity index (χ3n) is 7.03. The number of piperidine rings is 1. The van der Waals surface area contributed by atoms with Gasteiger partial charge in [-0.15, -0.1) is 0 Å². The molecule has 2 fully saturated rings. The van der Waals surface area contributed by atoms with Crippen LogP contribution in [0.2, 0.25) is 0 Å². The predicted octanol–water partition coefficient (Wildman–Crippen LogP) is 1.86. The van der Waals surface area contributed by atoms with Crippen molar-refractivity contribution in [1.82, 2.24) is 9.97 Å². The molecule has 0 saturated carbocycles. The van der Waals surface area contributed by atoms with Crippen molar-refractivity contribution in [3.05, 3.63) is 29.3 Å². The van der Waals surface area contributed by atoms with Gasteiger partial charge in [0.25, 0.3) is 0 Å². The van der Waals surface area contributed by atoms with E-state index in [1.807, 2.05) is 28.0 Å². The second-order valence-electron chi connectivity index (χ2n) is 9.32. The van der Waals surface area contributed by atoms with Gasteiger partial charge in [0.2, 0.25) is 5.95 Å². The first-order chi connectivity index (χ1) is 18.0. The van der Waals surface area contributed by atoms with Crippen LogP contribution in [0.25, 0.3) is 0 Å². The summed E-state index contributed by atoms with van der Waals surface area (Å²) in [4.78, 5) is 26.6. The lowest BCUT2D eigenvalue weighted by atomic mass is 10.1. The normalized spacial score (nSPS) is 18.1. The van der Waals surface area contributed by atoms with E-state index in [0.29, 0.717) is 68.0 Å². The molecule has 3 N–H and O–H groups in total. The summed E-state index contributed by atoms with van der Waals surface area (Å²) in [5.41, 5.74) is 1.30. The number of esters is 1. The lowest BCUT2D eigenvalue weighted by molar-refractivity contribution is 0.0601. The van der Waals surface area contributed by atoms with Gasteiger partial charge >= 0.3 is 5.97 Å². The molecule has 0 spiro atoms. The van der Waals surface area contributed by atoms with Crippen LogP contribution in [0.5, 0.6) is 11.5 Å². The molecule has 2 saturated heterocycles. The number of ether oxygens (including phenoxy) is 3. The quantitative estimate of drug-likeness (QED) is 0.401. The van der Waals surface area contributed by atoms with Crippen LogP contribution in [0.1, 0.15) is 41.6 Å². The van der Waals surface area contributed by atoms with Gasteiger partial charge in [0.1, 0.15) is 11.4 Å². The topological polar surface area (TPSA) is 130 Å². The summed E-state index contributed by atoms with van der Waals surface area (Å²) in [6.45, 7) is 2.37. The molecule has 1 unspecified atom stereocenters. The first-order valence-electron chi connectivity index (χ1n) is 12.7. The third kappa shape index (κ3) is 5.99. The van der Waals surface area contributed by atoms with Crippen molar-refractivity contribution in [3.8, 4) is 11.5 Å². The Morgan fingerprint density at radius 2 is 1.84 bits per heavy atom.